The zero-order valence-corrected chi connectivity index (χ0v) is 7.95. The largest absolute Gasteiger partial charge is 0.393 e. The highest BCUT2D eigenvalue weighted by Crippen LogP contribution is 2.54. The van der Waals surface area contributed by atoms with Gasteiger partial charge in [0.2, 0.25) is 0 Å². The smallest absolute Gasteiger partial charge is 0.117 e. The van der Waals surface area contributed by atoms with Gasteiger partial charge in [-0.05, 0) is 32.1 Å². The van der Waals surface area contributed by atoms with E-state index in [4.69, 9.17) is 9.47 Å². The summed E-state index contributed by atoms with van der Waals surface area (Å²) in [7, 11) is 0. The molecule has 3 fully saturated rings. The second-order valence-corrected chi connectivity index (χ2v) is 4.90. The maximum atomic E-state index is 9.21. The standard InChI is InChI=1S/C10H16O3/c1-9-3-2-7(4-8(9)13-9)10(5-11)6-12-10/h7-8,11H,2-6H2,1H3. The summed E-state index contributed by atoms with van der Waals surface area (Å²) in [6.07, 6.45) is 3.80. The molecule has 0 radical (unpaired) electrons. The van der Waals surface area contributed by atoms with Gasteiger partial charge < -0.3 is 14.6 Å². The minimum absolute atomic E-state index is 0.173. The molecule has 0 bridgehead atoms. The Hall–Kier alpha value is -0.120. The van der Waals surface area contributed by atoms with E-state index in [1.54, 1.807) is 0 Å². The molecule has 2 saturated heterocycles. The Morgan fingerprint density at radius 1 is 1.54 bits per heavy atom. The minimum atomic E-state index is -0.173. The van der Waals surface area contributed by atoms with Crippen LogP contribution in [0.2, 0.25) is 0 Å². The number of rotatable bonds is 2. The molecule has 2 aliphatic heterocycles. The number of aliphatic hydroxyl groups excluding tert-OH is 1. The summed E-state index contributed by atoms with van der Waals surface area (Å²) in [6, 6.07) is 0. The van der Waals surface area contributed by atoms with Crippen LogP contribution in [-0.4, -0.2) is 35.6 Å². The molecule has 0 spiro atoms. The van der Waals surface area contributed by atoms with E-state index in [2.05, 4.69) is 6.92 Å². The van der Waals surface area contributed by atoms with Crippen LogP contribution in [0.4, 0.5) is 0 Å². The van der Waals surface area contributed by atoms with Crippen LogP contribution in [0.15, 0.2) is 0 Å². The first kappa shape index (κ1) is 8.21. The summed E-state index contributed by atoms with van der Waals surface area (Å²) in [4.78, 5) is 0. The van der Waals surface area contributed by atoms with Crippen molar-refractivity contribution in [3.8, 4) is 0 Å². The molecule has 3 nitrogen and oxygen atoms in total. The van der Waals surface area contributed by atoms with E-state index in [0.29, 0.717) is 12.0 Å². The predicted octanol–water partition coefficient (Wildman–Crippen LogP) is 0.705. The lowest BCUT2D eigenvalue weighted by atomic mass is 9.76. The molecule has 0 aromatic rings. The molecule has 3 rings (SSSR count). The Kier molecular flexibility index (Phi) is 1.43. The zero-order valence-electron chi connectivity index (χ0n) is 7.95. The molecule has 3 heteroatoms. The summed E-state index contributed by atoms with van der Waals surface area (Å²) >= 11 is 0. The van der Waals surface area contributed by atoms with Gasteiger partial charge >= 0.3 is 0 Å². The van der Waals surface area contributed by atoms with Crippen molar-refractivity contribution in [1.29, 1.82) is 0 Å². The third-order valence-corrected chi connectivity index (χ3v) is 4.05. The summed E-state index contributed by atoms with van der Waals surface area (Å²) in [5, 5.41) is 9.21. The minimum Gasteiger partial charge on any atom is -0.393 e. The molecule has 4 unspecified atom stereocenters. The maximum Gasteiger partial charge on any atom is 0.117 e. The van der Waals surface area contributed by atoms with Gasteiger partial charge in [0.15, 0.2) is 0 Å². The molecule has 4 atom stereocenters. The molecule has 0 aromatic heterocycles. The number of ether oxygens (including phenoxy) is 2. The fraction of sp³-hybridized carbons (Fsp3) is 1.00. The van der Waals surface area contributed by atoms with Crippen molar-refractivity contribution in [1.82, 2.24) is 0 Å². The quantitative estimate of drug-likeness (QED) is 0.643. The summed E-state index contributed by atoms with van der Waals surface area (Å²) in [5.74, 6) is 0.526. The van der Waals surface area contributed by atoms with Gasteiger partial charge in [-0.25, -0.2) is 0 Å². The van der Waals surface area contributed by atoms with Crippen molar-refractivity contribution in [2.75, 3.05) is 13.2 Å². The van der Waals surface area contributed by atoms with Gasteiger partial charge in [-0.3, -0.25) is 0 Å². The summed E-state index contributed by atoms with van der Waals surface area (Å²) < 4.78 is 11.0. The number of epoxide rings is 2. The van der Waals surface area contributed by atoms with E-state index in [9.17, 15) is 5.11 Å². The first-order valence-corrected chi connectivity index (χ1v) is 5.11. The Morgan fingerprint density at radius 2 is 2.31 bits per heavy atom. The predicted molar refractivity (Wildman–Crippen MR) is 46.4 cm³/mol. The molecule has 13 heavy (non-hydrogen) atoms. The van der Waals surface area contributed by atoms with Gasteiger partial charge in [-0.1, -0.05) is 0 Å². The van der Waals surface area contributed by atoms with Gasteiger partial charge in [0.05, 0.1) is 24.9 Å². The summed E-state index contributed by atoms with van der Waals surface area (Å²) in [5.41, 5.74) is 0.00924. The van der Waals surface area contributed by atoms with Crippen molar-refractivity contribution in [3.05, 3.63) is 0 Å². The molecule has 1 saturated carbocycles. The third-order valence-electron chi connectivity index (χ3n) is 4.05. The van der Waals surface area contributed by atoms with Crippen molar-refractivity contribution in [3.63, 3.8) is 0 Å². The van der Waals surface area contributed by atoms with Crippen LogP contribution in [0.1, 0.15) is 26.2 Å². The fourth-order valence-electron chi connectivity index (χ4n) is 2.67. The van der Waals surface area contributed by atoms with Crippen LogP contribution in [0.25, 0.3) is 0 Å². The van der Waals surface area contributed by atoms with Crippen LogP contribution < -0.4 is 0 Å². The first-order chi connectivity index (χ1) is 6.19. The number of hydrogen-bond donors (Lipinski definition) is 1. The molecular formula is C10H16O3. The highest BCUT2D eigenvalue weighted by Gasteiger charge is 2.61. The zero-order chi connectivity index (χ0) is 9.10. The molecule has 2 heterocycles. The molecule has 0 aromatic carbocycles. The van der Waals surface area contributed by atoms with Crippen molar-refractivity contribution >= 4 is 0 Å². The molecule has 1 aliphatic carbocycles. The normalized spacial score (nSPS) is 58.6. The van der Waals surface area contributed by atoms with Gasteiger partial charge in [-0.2, -0.15) is 0 Å². The monoisotopic (exact) mass is 184 g/mol. The van der Waals surface area contributed by atoms with E-state index in [-0.39, 0.29) is 17.8 Å². The van der Waals surface area contributed by atoms with Gasteiger partial charge in [0, 0.05) is 0 Å². The SMILES string of the molecule is CC12CCC(C3(CO)CO3)CC1O2. The van der Waals surface area contributed by atoms with Gasteiger partial charge in [0.1, 0.15) is 5.60 Å². The average molecular weight is 184 g/mol. The van der Waals surface area contributed by atoms with Crippen LogP contribution in [0, 0.1) is 5.92 Å². The lowest BCUT2D eigenvalue weighted by Gasteiger charge is -2.26. The summed E-state index contributed by atoms with van der Waals surface area (Å²) in [6.45, 7) is 3.12. The fourth-order valence-corrected chi connectivity index (χ4v) is 2.67. The lowest BCUT2D eigenvalue weighted by molar-refractivity contribution is 0.101. The molecule has 3 aliphatic rings. The third kappa shape index (κ3) is 1.07. The van der Waals surface area contributed by atoms with Gasteiger partial charge in [0.25, 0.3) is 0 Å². The maximum absolute atomic E-state index is 9.21. The Labute approximate surface area is 78.0 Å². The van der Waals surface area contributed by atoms with E-state index in [1.165, 1.54) is 0 Å². The van der Waals surface area contributed by atoms with E-state index in [1.807, 2.05) is 0 Å². The Morgan fingerprint density at radius 3 is 2.85 bits per heavy atom. The topological polar surface area (TPSA) is 45.3 Å². The highest BCUT2D eigenvalue weighted by molar-refractivity contribution is 5.09. The molecule has 74 valence electrons. The average Bonchev–Trinajstić information content (AvgIpc) is 2.96. The van der Waals surface area contributed by atoms with Crippen LogP contribution >= 0.6 is 0 Å². The highest BCUT2D eigenvalue weighted by atomic mass is 16.6. The molecular weight excluding hydrogens is 168 g/mol. The Balaban J connectivity index is 1.69. The van der Waals surface area contributed by atoms with E-state index in [0.717, 1.165) is 25.9 Å². The number of fused-ring (bicyclic) bond motifs is 1. The van der Waals surface area contributed by atoms with E-state index < -0.39 is 0 Å². The van der Waals surface area contributed by atoms with Crippen molar-refractivity contribution in [2.24, 2.45) is 5.92 Å². The van der Waals surface area contributed by atoms with Crippen LogP contribution in [0.5, 0.6) is 0 Å². The molecule has 0 amide bonds. The lowest BCUT2D eigenvalue weighted by Crippen LogP contribution is -2.34. The van der Waals surface area contributed by atoms with Crippen molar-refractivity contribution < 1.29 is 14.6 Å². The van der Waals surface area contributed by atoms with Crippen LogP contribution in [0.3, 0.4) is 0 Å². The molecule has 1 N–H and O–H groups in total. The first-order valence-electron chi connectivity index (χ1n) is 5.11. The number of aliphatic hydroxyl groups is 1. The van der Waals surface area contributed by atoms with E-state index >= 15 is 0 Å². The van der Waals surface area contributed by atoms with Gasteiger partial charge in [-0.15, -0.1) is 0 Å². The number of hydrogen-bond acceptors (Lipinski definition) is 3. The second kappa shape index (κ2) is 2.27. The second-order valence-electron chi connectivity index (χ2n) is 4.90. The van der Waals surface area contributed by atoms with Crippen molar-refractivity contribution in [2.45, 2.75) is 43.5 Å². The van der Waals surface area contributed by atoms with Crippen LogP contribution in [-0.2, 0) is 9.47 Å². The Bertz CT molecular complexity index is 236.